The van der Waals surface area contributed by atoms with E-state index in [1.54, 1.807) is 0 Å². The normalized spacial score (nSPS) is 16.3. The van der Waals surface area contributed by atoms with Gasteiger partial charge in [-0.05, 0) is 53.0 Å². The third-order valence-corrected chi connectivity index (χ3v) is 5.20. The fraction of sp³-hybridized carbons (Fsp3) is 0.529. The molecular weight excluding hydrogens is 393 g/mol. The van der Waals surface area contributed by atoms with E-state index in [0.717, 1.165) is 22.0 Å². The third kappa shape index (κ3) is 4.97. The molecule has 1 fully saturated rings. The molecule has 0 heterocycles. The maximum atomic E-state index is 12.2. The van der Waals surface area contributed by atoms with Crippen molar-refractivity contribution in [2.24, 2.45) is 5.92 Å². The first-order valence-corrected chi connectivity index (χ1v) is 8.78. The van der Waals surface area contributed by atoms with Crippen molar-refractivity contribution in [2.45, 2.75) is 44.6 Å². The van der Waals surface area contributed by atoms with Gasteiger partial charge in [-0.15, -0.1) is 0 Å². The van der Waals surface area contributed by atoms with Gasteiger partial charge in [-0.25, -0.2) is 4.79 Å². The minimum atomic E-state index is -0.616. The predicted molar refractivity (Wildman–Crippen MR) is 93.4 cm³/mol. The van der Waals surface area contributed by atoms with E-state index in [-0.39, 0.29) is 11.9 Å². The minimum absolute atomic E-state index is 0.0479. The van der Waals surface area contributed by atoms with Crippen LogP contribution in [-0.4, -0.2) is 25.0 Å². The lowest BCUT2D eigenvalue weighted by atomic mass is 10.0. The zero-order chi connectivity index (χ0) is 15.9. The lowest BCUT2D eigenvalue weighted by Gasteiger charge is -2.18. The van der Waals surface area contributed by atoms with Crippen LogP contribution in [0.25, 0.3) is 0 Å². The first kappa shape index (κ1) is 17.2. The van der Waals surface area contributed by atoms with Crippen LogP contribution in [0.15, 0.2) is 24.3 Å². The Labute approximate surface area is 145 Å². The molecule has 0 unspecified atom stereocenters. The van der Waals surface area contributed by atoms with Gasteiger partial charge < -0.3 is 10.1 Å². The summed E-state index contributed by atoms with van der Waals surface area (Å²) in [7, 11) is 1.36. The highest BCUT2D eigenvalue weighted by Gasteiger charge is 2.25. The van der Waals surface area contributed by atoms with Crippen LogP contribution in [0.1, 0.15) is 37.7 Å². The average molecular weight is 415 g/mol. The van der Waals surface area contributed by atoms with Gasteiger partial charge in [0.2, 0.25) is 5.91 Å². The van der Waals surface area contributed by atoms with E-state index in [1.165, 1.54) is 20.0 Å². The molecule has 0 aliphatic heterocycles. The number of halogens is 1. The van der Waals surface area contributed by atoms with Crippen molar-refractivity contribution >= 4 is 34.5 Å². The van der Waals surface area contributed by atoms with Crippen LogP contribution in [0.3, 0.4) is 0 Å². The highest BCUT2D eigenvalue weighted by Crippen LogP contribution is 2.27. The van der Waals surface area contributed by atoms with Gasteiger partial charge in [-0.3, -0.25) is 4.79 Å². The number of hydrogen-bond acceptors (Lipinski definition) is 3. The standard InChI is InChI=1S/C17H22INO3/c1-22-17(21)15(11-13-8-4-5-9-14(13)18)19-16(20)10-12-6-2-3-7-12/h4-5,8-9,12,15H,2-3,6-7,10-11H2,1H3,(H,19,20)/t15-/m0/s1. The number of hydrogen-bond donors (Lipinski definition) is 1. The molecule has 5 heteroatoms. The number of esters is 1. The number of rotatable bonds is 6. The topological polar surface area (TPSA) is 55.4 Å². The van der Waals surface area contributed by atoms with Gasteiger partial charge in [-0.2, -0.15) is 0 Å². The number of nitrogens with one attached hydrogen (secondary N) is 1. The van der Waals surface area contributed by atoms with Gasteiger partial charge >= 0.3 is 5.97 Å². The van der Waals surface area contributed by atoms with Crippen LogP contribution >= 0.6 is 22.6 Å². The molecule has 0 saturated heterocycles. The molecule has 1 aromatic rings. The maximum Gasteiger partial charge on any atom is 0.328 e. The Hall–Kier alpha value is -1.11. The van der Waals surface area contributed by atoms with Crippen LogP contribution < -0.4 is 5.32 Å². The van der Waals surface area contributed by atoms with Crippen LogP contribution in [0.5, 0.6) is 0 Å². The van der Waals surface area contributed by atoms with Gasteiger partial charge in [-0.1, -0.05) is 31.0 Å². The predicted octanol–water partition coefficient (Wildman–Crippen LogP) is 3.07. The largest absolute Gasteiger partial charge is 0.467 e. The summed E-state index contributed by atoms with van der Waals surface area (Å²) in [6, 6.07) is 7.24. The Morgan fingerprint density at radius 2 is 2.00 bits per heavy atom. The summed E-state index contributed by atoms with van der Waals surface area (Å²) in [5.74, 6) is 0.0304. The molecule has 1 aliphatic rings. The zero-order valence-electron chi connectivity index (χ0n) is 12.8. The first-order chi connectivity index (χ1) is 10.6. The second kappa shape index (κ2) is 8.50. The van der Waals surface area contributed by atoms with Gasteiger partial charge in [0.05, 0.1) is 7.11 Å². The molecule has 4 nitrogen and oxygen atoms in total. The van der Waals surface area contributed by atoms with E-state index < -0.39 is 6.04 Å². The number of ether oxygens (including phenoxy) is 1. The lowest BCUT2D eigenvalue weighted by molar-refractivity contribution is -0.145. The highest BCUT2D eigenvalue weighted by molar-refractivity contribution is 14.1. The number of carbonyl (C=O) groups is 2. The molecule has 1 aliphatic carbocycles. The maximum absolute atomic E-state index is 12.2. The fourth-order valence-electron chi connectivity index (χ4n) is 2.95. The van der Waals surface area contributed by atoms with E-state index >= 15 is 0 Å². The number of benzene rings is 1. The summed E-state index contributed by atoms with van der Waals surface area (Å²) < 4.78 is 5.92. The SMILES string of the molecule is COC(=O)[C@H](Cc1ccccc1I)NC(=O)CC1CCCC1. The van der Waals surface area contributed by atoms with Gasteiger partial charge in [0, 0.05) is 16.4 Å². The van der Waals surface area contributed by atoms with Crippen LogP contribution in [0, 0.1) is 9.49 Å². The van der Waals surface area contributed by atoms with Crippen LogP contribution in [0.2, 0.25) is 0 Å². The van der Waals surface area contributed by atoms with Crippen molar-refractivity contribution < 1.29 is 14.3 Å². The quantitative estimate of drug-likeness (QED) is 0.574. The van der Waals surface area contributed by atoms with Crippen molar-refractivity contribution in [3.05, 3.63) is 33.4 Å². The fourth-order valence-corrected chi connectivity index (χ4v) is 3.56. The molecule has 1 aromatic carbocycles. The summed E-state index contributed by atoms with van der Waals surface area (Å²) >= 11 is 2.24. The molecule has 0 bridgehead atoms. The van der Waals surface area contributed by atoms with E-state index in [0.29, 0.717) is 18.8 Å². The smallest absolute Gasteiger partial charge is 0.328 e. The molecule has 1 amide bonds. The van der Waals surface area contributed by atoms with Crippen molar-refractivity contribution in [2.75, 3.05) is 7.11 Å². The summed E-state index contributed by atoms with van der Waals surface area (Å²) in [4.78, 5) is 24.1. The molecule has 0 aromatic heterocycles. The van der Waals surface area contributed by atoms with E-state index in [4.69, 9.17) is 4.74 Å². The molecule has 120 valence electrons. The second-order valence-corrected chi connectivity index (χ2v) is 6.96. The molecule has 2 rings (SSSR count). The van der Waals surface area contributed by atoms with E-state index in [1.807, 2.05) is 24.3 Å². The monoisotopic (exact) mass is 415 g/mol. The molecular formula is C17H22INO3. The minimum Gasteiger partial charge on any atom is -0.467 e. The van der Waals surface area contributed by atoms with Gasteiger partial charge in [0.25, 0.3) is 0 Å². The Bertz CT molecular complexity index is 526. The van der Waals surface area contributed by atoms with Gasteiger partial charge in [0.15, 0.2) is 0 Å². The molecule has 0 radical (unpaired) electrons. The highest BCUT2D eigenvalue weighted by atomic mass is 127. The first-order valence-electron chi connectivity index (χ1n) is 7.70. The number of amides is 1. The Kier molecular flexibility index (Phi) is 6.67. The average Bonchev–Trinajstić information content (AvgIpc) is 3.00. The summed E-state index contributed by atoms with van der Waals surface area (Å²) in [5, 5.41) is 2.85. The summed E-state index contributed by atoms with van der Waals surface area (Å²) in [5.41, 5.74) is 1.04. The number of methoxy groups -OCH3 is 1. The van der Waals surface area contributed by atoms with Crippen molar-refractivity contribution in [1.82, 2.24) is 5.32 Å². The summed E-state index contributed by atoms with van der Waals surface area (Å²) in [6.07, 6.45) is 5.63. The molecule has 22 heavy (non-hydrogen) atoms. The van der Waals surface area contributed by atoms with Crippen molar-refractivity contribution in [3.63, 3.8) is 0 Å². The van der Waals surface area contributed by atoms with Crippen molar-refractivity contribution in [3.8, 4) is 0 Å². The second-order valence-electron chi connectivity index (χ2n) is 5.79. The Morgan fingerprint density at radius 3 is 2.64 bits per heavy atom. The molecule has 1 N–H and O–H groups in total. The van der Waals surface area contributed by atoms with E-state index in [2.05, 4.69) is 27.9 Å². The Morgan fingerprint density at radius 1 is 1.32 bits per heavy atom. The molecule has 0 spiro atoms. The lowest BCUT2D eigenvalue weighted by Crippen LogP contribution is -2.43. The molecule has 1 saturated carbocycles. The molecule has 1 atom stereocenters. The number of carbonyl (C=O) groups excluding carboxylic acids is 2. The van der Waals surface area contributed by atoms with Crippen molar-refractivity contribution in [1.29, 1.82) is 0 Å². The zero-order valence-corrected chi connectivity index (χ0v) is 15.0. The summed E-state index contributed by atoms with van der Waals surface area (Å²) in [6.45, 7) is 0. The van der Waals surface area contributed by atoms with Crippen LogP contribution in [0.4, 0.5) is 0 Å². The Balaban J connectivity index is 1.98. The van der Waals surface area contributed by atoms with Crippen LogP contribution in [-0.2, 0) is 20.7 Å². The van der Waals surface area contributed by atoms with E-state index in [9.17, 15) is 9.59 Å². The third-order valence-electron chi connectivity index (χ3n) is 4.15. The van der Waals surface area contributed by atoms with Gasteiger partial charge in [0.1, 0.15) is 6.04 Å².